The van der Waals surface area contributed by atoms with Gasteiger partial charge in [0.25, 0.3) is 0 Å². The van der Waals surface area contributed by atoms with Gasteiger partial charge in [-0.1, -0.05) is 6.92 Å². The van der Waals surface area contributed by atoms with Gasteiger partial charge in [0.2, 0.25) is 0 Å². The molecule has 1 fully saturated rings. The molecule has 4 N–H and O–H groups in total. The molecule has 0 radical (unpaired) electrons. The fourth-order valence-corrected chi connectivity index (χ4v) is 2.73. The molecule has 0 unspecified atom stereocenters. The number of aliphatic hydroxyl groups excluding tert-OH is 1. The Kier molecular flexibility index (Phi) is 7.99. The van der Waals surface area contributed by atoms with Crippen LogP contribution in [0.3, 0.4) is 0 Å². The molecule has 0 saturated carbocycles. The number of ether oxygens (including phenoxy) is 2. The third-order valence-corrected chi connectivity index (χ3v) is 4.52. The van der Waals surface area contributed by atoms with Crippen LogP contribution in [0, 0.1) is 17.0 Å². The molecule has 0 amide bonds. The van der Waals surface area contributed by atoms with Crippen LogP contribution in [0.15, 0.2) is 18.2 Å². The first kappa shape index (κ1) is 22.0. The minimum atomic E-state index is -1.21. The number of aliphatic hydroxyl groups is 1. The van der Waals surface area contributed by atoms with Gasteiger partial charge in [-0.3, -0.25) is 8.78 Å². The van der Waals surface area contributed by atoms with Gasteiger partial charge in [-0.25, -0.2) is 8.78 Å². The van der Waals surface area contributed by atoms with E-state index in [0.717, 1.165) is 18.2 Å². The van der Waals surface area contributed by atoms with Crippen LogP contribution >= 0.6 is 0 Å². The Bertz CT molecular complexity index is 576. The summed E-state index contributed by atoms with van der Waals surface area (Å²) in [6.45, 7) is -0.119. The Morgan fingerprint density at radius 1 is 1.30 bits per heavy atom. The van der Waals surface area contributed by atoms with Gasteiger partial charge in [0.1, 0.15) is 11.6 Å². The molecule has 4 atom stereocenters. The van der Waals surface area contributed by atoms with E-state index in [1.54, 1.807) is 0 Å². The molecule has 0 aliphatic carbocycles. The maximum Gasteiger partial charge on any atom is 0.169 e. The Labute approximate surface area is 155 Å². The van der Waals surface area contributed by atoms with Gasteiger partial charge in [0.15, 0.2) is 6.29 Å². The second kappa shape index (κ2) is 9.79. The summed E-state index contributed by atoms with van der Waals surface area (Å²) in [5.74, 6) is -1.42. The van der Waals surface area contributed by atoms with E-state index >= 15 is 0 Å². The summed E-state index contributed by atoms with van der Waals surface area (Å²) < 4.78 is 63.0. The van der Waals surface area contributed by atoms with Crippen molar-refractivity contribution < 1.29 is 32.1 Å². The van der Waals surface area contributed by atoms with Crippen LogP contribution in [-0.2, 0) is 15.9 Å². The zero-order valence-electron chi connectivity index (χ0n) is 15.1. The predicted octanol–water partition coefficient (Wildman–Crippen LogP) is 1.47. The third-order valence-electron chi connectivity index (χ3n) is 4.52. The number of alkyl halides is 2. The number of halogens is 4. The summed E-state index contributed by atoms with van der Waals surface area (Å²) in [6, 6.07) is 1.81. The van der Waals surface area contributed by atoms with E-state index < -0.39 is 54.9 Å². The highest BCUT2D eigenvalue weighted by molar-refractivity contribution is 5.19. The molecular weight excluding hydrogens is 368 g/mol. The predicted molar refractivity (Wildman–Crippen MR) is 91.6 cm³/mol. The van der Waals surface area contributed by atoms with Crippen molar-refractivity contribution >= 4 is 0 Å². The summed E-state index contributed by atoms with van der Waals surface area (Å²) in [6.07, 6.45) is -1.64. The molecule has 1 aromatic rings. The van der Waals surface area contributed by atoms with E-state index in [1.165, 1.54) is 6.92 Å². The van der Waals surface area contributed by atoms with Crippen LogP contribution < -0.4 is 11.1 Å². The van der Waals surface area contributed by atoms with E-state index in [-0.39, 0.29) is 26.2 Å². The lowest BCUT2D eigenvalue weighted by atomic mass is 9.96. The quantitative estimate of drug-likeness (QED) is 0.553. The zero-order chi connectivity index (χ0) is 20.0. The highest BCUT2D eigenvalue weighted by Gasteiger charge is 2.32. The monoisotopic (exact) mass is 394 g/mol. The van der Waals surface area contributed by atoms with E-state index in [2.05, 4.69) is 5.32 Å². The number of benzene rings is 1. The van der Waals surface area contributed by atoms with Crippen molar-refractivity contribution in [3.63, 3.8) is 0 Å². The SMILES string of the molecule is CC(CF)(CF)CO[C@H]1CN[C@@H]([C@@H](O)[C@@H](N)Cc2cc(F)cc(F)c2)CO1. The number of hydrogen-bond donors (Lipinski definition) is 3. The standard InChI is InChI=1S/C18H26F4N2O3/c1-18(8-19,9-20)10-27-16-6-24-15(7-26-16)17(25)14(23)4-11-2-12(21)5-13(22)3-11/h2-3,5,14-17,24-25H,4,6-10,23H2,1H3/t14-,15+,16-,17-/m0/s1. The maximum atomic E-state index is 13.2. The number of hydrogen-bond acceptors (Lipinski definition) is 5. The zero-order valence-corrected chi connectivity index (χ0v) is 15.1. The van der Waals surface area contributed by atoms with Crippen molar-refractivity contribution in [3.8, 4) is 0 Å². The first-order valence-corrected chi connectivity index (χ1v) is 8.73. The van der Waals surface area contributed by atoms with E-state index in [1.807, 2.05) is 0 Å². The molecule has 27 heavy (non-hydrogen) atoms. The van der Waals surface area contributed by atoms with Gasteiger partial charge in [0.05, 0.1) is 38.7 Å². The minimum Gasteiger partial charge on any atom is -0.390 e. The van der Waals surface area contributed by atoms with Crippen LogP contribution in [0.1, 0.15) is 12.5 Å². The summed E-state index contributed by atoms with van der Waals surface area (Å²) in [5, 5.41) is 13.4. The van der Waals surface area contributed by atoms with Crippen molar-refractivity contribution in [2.75, 3.05) is 33.1 Å². The largest absolute Gasteiger partial charge is 0.390 e. The molecule has 1 aliphatic rings. The molecule has 0 aromatic heterocycles. The van der Waals surface area contributed by atoms with Crippen molar-refractivity contribution in [1.82, 2.24) is 5.32 Å². The van der Waals surface area contributed by atoms with Crippen molar-refractivity contribution in [3.05, 3.63) is 35.4 Å². The fraction of sp³-hybridized carbons (Fsp3) is 0.667. The fourth-order valence-electron chi connectivity index (χ4n) is 2.73. The van der Waals surface area contributed by atoms with Crippen LogP contribution in [0.5, 0.6) is 0 Å². The molecule has 9 heteroatoms. The first-order valence-electron chi connectivity index (χ1n) is 8.73. The van der Waals surface area contributed by atoms with Crippen molar-refractivity contribution in [2.45, 2.75) is 37.8 Å². The summed E-state index contributed by atoms with van der Waals surface area (Å²) in [4.78, 5) is 0. The Hall–Kier alpha value is -1.26. The Balaban J connectivity index is 1.80. The van der Waals surface area contributed by atoms with Gasteiger partial charge < -0.3 is 25.6 Å². The Morgan fingerprint density at radius 3 is 2.44 bits per heavy atom. The highest BCUT2D eigenvalue weighted by Crippen LogP contribution is 2.20. The summed E-state index contributed by atoms with van der Waals surface area (Å²) >= 11 is 0. The number of rotatable bonds is 9. The van der Waals surface area contributed by atoms with E-state index in [0.29, 0.717) is 5.56 Å². The van der Waals surface area contributed by atoms with Crippen LogP contribution in [0.2, 0.25) is 0 Å². The smallest absolute Gasteiger partial charge is 0.169 e. The lowest BCUT2D eigenvalue weighted by molar-refractivity contribution is -0.187. The number of nitrogens with one attached hydrogen (secondary N) is 1. The Morgan fingerprint density at radius 2 is 1.93 bits per heavy atom. The molecule has 1 aromatic carbocycles. The maximum absolute atomic E-state index is 13.2. The molecule has 1 aliphatic heterocycles. The third kappa shape index (κ3) is 6.39. The molecule has 5 nitrogen and oxygen atoms in total. The lowest BCUT2D eigenvalue weighted by Crippen LogP contribution is -2.58. The van der Waals surface area contributed by atoms with Crippen molar-refractivity contribution in [1.29, 1.82) is 0 Å². The summed E-state index contributed by atoms with van der Waals surface area (Å²) in [7, 11) is 0. The van der Waals surface area contributed by atoms with Gasteiger partial charge in [0, 0.05) is 24.1 Å². The highest BCUT2D eigenvalue weighted by atomic mass is 19.1. The average Bonchev–Trinajstić information content (AvgIpc) is 2.65. The van der Waals surface area contributed by atoms with E-state index in [9.17, 15) is 22.7 Å². The molecule has 0 spiro atoms. The molecule has 1 heterocycles. The lowest BCUT2D eigenvalue weighted by Gasteiger charge is -2.36. The summed E-state index contributed by atoms with van der Waals surface area (Å²) in [5.41, 5.74) is 5.10. The van der Waals surface area contributed by atoms with Gasteiger partial charge >= 0.3 is 0 Å². The van der Waals surface area contributed by atoms with E-state index in [4.69, 9.17) is 15.2 Å². The number of morpholine rings is 1. The molecule has 154 valence electrons. The molecular formula is C18H26F4N2O3. The van der Waals surface area contributed by atoms with Gasteiger partial charge in [-0.15, -0.1) is 0 Å². The second-order valence-corrected chi connectivity index (χ2v) is 7.30. The van der Waals surface area contributed by atoms with Crippen molar-refractivity contribution in [2.24, 2.45) is 11.1 Å². The first-order chi connectivity index (χ1) is 12.8. The number of nitrogens with two attached hydrogens (primary N) is 1. The molecule has 0 bridgehead atoms. The van der Waals surface area contributed by atoms with Crippen LogP contribution in [-0.4, -0.2) is 62.7 Å². The van der Waals surface area contributed by atoms with Gasteiger partial charge in [-0.2, -0.15) is 0 Å². The minimum absolute atomic E-state index is 0.0685. The molecule has 1 saturated heterocycles. The van der Waals surface area contributed by atoms with Crippen LogP contribution in [0.4, 0.5) is 17.6 Å². The normalized spacial score (nSPS) is 23.2. The second-order valence-electron chi connectivity index (χ2n) is 7.30. The average molecular weight is 394 g/mol. The topological polar surface area (TPSA) is 76.7 Å². The molecule has 2 rings (SSSR count). The van der Waals surface area contributed by atoms with Gasteiger partial charge in [-0.05, 0) is 24.1 Å². The van der Waals surface area contributed by atoms with Crippen LogP contribution in [0.25, 0.3) is 0 Å².